The first-order valence-corrected chi connectivity index (χ1v) is 9.93. The quantitative estimate of drug-likeness (QED) is 0.442. The number of carbonyl (C=O) groups excluding carboxylic acids is 1. The predicted octanol–water partition coefficient (Wildman–Crippen LogP) is 4.48. The molecule has 0 aliphatic carbocycles. The molecule has 0 bridgehead atoms. The molecule has 0 atom stereocenters. The fourth-order valence-corrected chi connectivity index (χ4v) is 3.13. The van der Waals surface area contributed by atoms with Crippen LogP contribution in [0.1, 0.15) is 25.0 Å². The maximum Gasteiger partial charge on any atom is 0.262 e. The number of hydrogen-bond donors (Lipinski definition) is 1. The number of hydrogen-bond acceptors (Lipinski definition) is 5. The van der Waals surface area contributed by atoms with Crippen LogP contribution in [0.2, 0.25) is 0 Å². The van der Waals surface area contributed by atoms with Crippen molar-refractivity contribution in [3.05, 3.63) is 57.6 Å². The highest BCUT2D eigenvalue weighted by Crippen LogP contribution is 2.37. The summed E-state index contributed by atoms with van der Waals surface area (Å²) >= 11 is 3.46. The molecule has 6 nitrogen and oxygen atoms in total. The van der Waals surface area contributed by atoms with Crippen LogP contribution in [0, 0.1) is 11.3 Å². The molecule has 0 aromatic heterocycles. The van der Waals surface area contributed by atoms with Crippen LogP contribution in [0.15, 0.2) is 46.4 Å². The van der Waals surface area contributed by atoms with E-state index in [0.29, 0.717) is 41.3 Å². The molecule has 2 aromatic rings. The molecule has 7 heteroatoms. The Hall–Kier alpha value is -2.98. The average Bonchev–Trinajstić information content (AvgIpc) is 2.73. The van der Waals surface area contributed by atoms with Gasteiger partial charge in [-0.15, -0.1) is 0 Å². The Morgan fingerprint density at radius 1 is 1.17 bits per heavy atom. The fourth-order valence-electron chi connectivity index (χ4n) is 2.55. The number of methoxy groups -OCH3 is 1. The molecule has 29 heavy (non-hydrogen) atoms. The maximum atomic E-state index is 12.4. The van der Waals surface area contributed by atoms with E-state index in [0.717, 1.165) is 11.3 Å². The van der Waals surface area contributed by atoms with Gasteiger partial charge in [0, 0.05) is 6.54 Å². The highest BCUT2D eigenvalue weighted by atomic mass is 79.9. The van der Waals surface area contributed by atoms with E-state index in [-0.39, 0.29) is 5.57 Å². The van der Waals surface area contributed by atoms with E-state index in [1.54, 1.807) is 19.2 Å². The Labute approximate surface area is 179 Å². The van der Waals surface area contributed by atoms with Crippen molar-refractivity contribution in [1.29, 1.82) is 5.26 Å². The van der Waals surface area contributed by atoms with Crippen molar-refractivity contribution in [2.45, 2.75) is 20.4 Å². The van der Waals surface area contributed by atoms with Gasteiger partial charge in [0.2, 0.25) is 0 Å². The molecule has 0 radical (unpaired) electrons. The van der Waals surface area contributed by atoms with Gasteiger partial charge in [0.15, 0.2) is 11.5 Å². The number of ether oxygens (including phenoxy) is 3. The Morgan fingerprint density at radius 2 is 1.86 bits per heavy atom. The van der Waals surface area contributed by atoms with Crippen LogP contribution in [0.3, 0.4) is 0 Å². The lowest BCUT2D eigenvalue weighted by molar-refractivity contribution is -0.117. The van der Waals surface area contributed by atoms with Crippen LogP contribution in [-0.2, 0) is 11.3 Å². The summed E-state index contributed by atoms with van der Waals surface area (Å²) in [5.74, 6) is 1.43. The minimum Gasteiger partial charge on any atom is -0.497 e. The molecule has 1 amide bonds. The Bertz CT molecular complexity index is 918. The van der Waals surface area contributed by atoms with Crippen molar-refractivity contribution in [1.82, 2.24) is 5.32 Å². The monoisotopic (exact) mass is 458 g/mol. The third-order valence-corrected chi connectivity index (χ3v) is 4.50. The standard InChI is InChI=1S/C22H23BrN2O4/c1-4-28-20-12-16(11-19(23)21(20)29-5-2)10-17(13-24)22(26)25-14-15-6-8-18(27-3)9-7-15/h6-12H,4-5,14H2,1-3H3,(H,25,26)/b17-10+. The highest BCUT2D eigenvalue weighted by Gasteiger charge is 2.14. The lowest BCUT2D eigenvalue weighted by atomic mass is 10.1. The van der Waals surface area contributed by atoms with E-state index in [1.165, 1.54) is 6.08 Å². The summed E-state index contributed by atoms with van der Waals surface area (Å²) in [7, 11) is 1.59. The van der Waals surface area contributed by atoms with Crippen LogP contribution < -0.4 is 19.5 Å². The number of rotatable bonds is 9. The number of benzene rings is 2. The number of nitrogens with one attached hydrogen (secondary N) is 1. The SMILES string of the molecule is CCOc1cc(/C=C(\C#N)C(=O)NCc2ccc(OC)cc2)cc(Br)c1OCC. The van der Waals surface area contributed by atoms with Gasteiger partial charge in [0.1, 0.15) is 17.4 Å². The number of carbonyl (C=O) groups is 1. The lowest BCUT2D eigenvalue weighted by Gasteiger charge is -2.13. The predicted molar refractivity (Wildman–Crippen MR) is 115 cm³/mol. The van der Waals surface area contributed by atoms with Crippen molar-refractivity contribution in [2.75, 3.05) is 20.3 Å². The Balaban J connectivity index is 2.18. The zero-order chi connectivity index (χ0) is 21.2. The van der Waals surface area contributed by atoms with E-state index in [9.17, 15) is 10.1 Å². The number of nitriles is 1. The molecule has 0 aliphatic heterocycles. The highest BCUT2D eigenvalue weighted by molar-refractivity contribution is 9.10. The van der Waals surface area contributed by atoms with Crippen LogP contribution in [0.4, 0.5) is 0 Å². The smallest absolute Gasteiger partial charge is 0.262 e. The molecule has 0 spiro atoms. The van der Waals surface area contributed by atoms with Crippen LogP contribution in [0.5, 0.6) is 17.2 Å². The van der Waals surface area contributed by atoms with E-state index in [4.69, 9.17) is 14.2 Å². The van der Waals surface area contributed by atoms with E-state index in [1.807, 2.05) is 44.2 Å². The minimum absolute atomic E-state index is 0.00276. The van der Waals surface area contributed by atoms with Gasteiger partial charge in [-0.1, -0.05) is 12.1 Å². The summed E-state index contributed by atoms with van der Waals surface area (Å²) in [6.45, 7) is 5.02. The molecule has 0 heterocycles. The zero-order valence-corrected chi connectivity index (χ0v) is 18.2. The van der Waals surface area contributed by atoms with E-state index >= 15 is 0 Å². The third-order valence-electron chi connectivity index (χ3n) is 3.91. The first-order chi connectivity index (χ1) is 14.0. The van der Waals surface area contributed by atoms with Gasteiger partial charge in [-0.3, -0.25) is 4.79 Å². The van der Waals surface area contributed by atoms with Crippen LogP contribution in [0.25, 0.3) is 6.08 Å². The molecule has 2 aromatic carbocycles. The zero-order valence-electron chi connectivity index (χ0n) is 16.6. The first-order valence-electron chi connectivity index (χ1n) is 9.14. The summed E-state index contributed by atoms with van der Waals surface area (Å²) in [5.41, 5.74) is 1.55. The minimum atomic E-state index is -0.453. The normalized spacial score (nSPS) is 10.8. The van der Waals surface area contributed by atoms with Crippen molar-refractivity contribution in [2.24, 2.45) is 0 Å². The van der Waals surface area contributed by atoms with Gasteiger partial charge >= 0.3 is 0 Å². The second-order valence-corrected chi connectivity index (χ2v) is 6.75. The molecule has 0 saturated carbocycles. The van der Waals surface area contributed by atoms with Gasteiger partial charge in [-0.2, -0.15) is 5.26 Å². The summed E-state index contributed by atoms with van der Waals surface area (Å²) < 4.78 is 17.0. The van der Waals surface area contributed by atoms with Crippen molar-refractivity contribution in [3.63, 3.8) is 0 Å². The van der Waals surface area contributed by atoms with E-state index < -0.39 is 5.91 Å². The molecule has 0 unspecified atom stereocenters. The molecule has 0 fully saturated rings. The molecule has 0 saturated heterocycles. The summed E-state index contributed by atoms with van der Waals surface area (Å²) in [5, 5.41) is 12.2. The van der Waals surface area contributed by atoms with Gasteiger partial charge < -0.3 is 19.5 Å². The second kappa shape index (κ2) is 11.1. The fraction of sp³-hybridized carbons (Fsp3) is 0.273. The second-order valence-electron chi connectivity index (χ2n) is 5.90. The van der Waals surface area contributed by atoms with Gasteiger partial charge in [-0.05, 0) is 71.2 Å². The largest absolute Gasteiger partial charge is 0.497 e. The average molecular weight is 459 g/mol. The summed E-state index contributed by atoms with van der Waals surface area (Å²) in [6, 6.07) is 12.8. The third kappa shape index (κ3) is 6.26. The van der Waals surface area contributed by atoms with Gasteiger partial charge in [0.05, 0.1) is 24.8 Å². The van der Waals surface area contributed by atoms with Crippen molar-refractivity contribution < 1.29 is 19.0 Å². The topological polar surface area (TPSA) is 80.6 Å². The summed E-state index contributed by atoms with van der Waals surface area (Å²) in [6.07, 6.45) is 1.52. The number of nitrogens with zero attached hydrogens (tertiary/aromatic N) is 1. The van der Waals surface area contributed by atoms with Crippen molar-refractivity contribution >= 4 is 27.9 Å². The Morgan fingerprint density at radius 3 is 2.45 bits per heavy atom. The Kier molecular flexibility index (Phi) is 8.56. The van der Waals surface area contributed by atoms with E-state index in [2.05, 4.69) is 21.2 Å². The van der Waals surface area contributed by atoms with Gasteiger partial charge in [0.25, 0.3) is 5.91 Å². The number of amides is 1. The molecular weight excluding hydrogens is 436 g/mol. The van der Waals surface area contributed by atoms with Gasteiger partial charge in [-0.25, -0.2) is 0 Å². The lowest BCUT2D eigenvalue weighted by Crippen LogP contribution is -2.23. The number of halogens is 1. The maximum absolute atomic E-state index is 12.4. The molecule has 152 valence electrons. The van der Waals surface area contributed by atoms with Crippen LogP contribution in [-0.4, -0.2) is 26.2 Å². The van der Waals surface area contributed by atoms with Crippen molar-refractivity contribution in [3.8, 4) is 23.3 Å². The molecule has 0 aliphatic rings. The molecule has 2 rings (SSSR count). The molecule has 1 N–H and O–H groups in total. The summed E-state index contributed by atoms with van der Waals surface area (Å²) in [4.78, 5) is 12.4. The van der Waals surface area contributed by atoms with Crippen LogP contribution >= 0.6 is 15.9 Å². The first kappa shape index (κ1) is 22.3. The molecular formula is C22H23BrN2O4.